The Hall–Kier alpha value is -2.82. The largest absolute Gasteiger partial charge is 0.497 e. The molecule has 0 fully saturated rings. The zero-order valence-corrected chi connectivity index (χ0v) is 17.9. The third-order valence-corrected chi connectivity index (χ3v) is 5.09. The number of nitrogens with zero attached hydrogens (tertiary/aromatic N) is 1. The van der Waals surface area contributed by atoms with Crippen molar-refractivity contribution in [3.8, 4) is 5.75 Å². The molecule has 0 radical (unpaired) electrons. The Morgan fingerprint density at radius 2 is 1.90 bits per heavy atom. The summed E-state index contributed by atoms with van der Waals surface area (Å²) in [5.41, 5.74) is 2.98. The van der Waals surface area contributed by atoms with Crippen molar-refractivity contribution in [1.29, 1.82) is 0 Å². The lowest BCUT2D eigenvalue weighted by atomic mass is 10.0. The van der Waals surface area contributed by atoms with Crippen molar-refractivity contribution in [2.75, 3.05) is 13.7 Å². The molecule has 1 N–H and O–H groups in total. The van der Waals surface area contributed by atoms with Crippen LogP contribution in [0.25, 0.3) is 0 Å². The molecule has 0 saturated heterocycles. The zero-order valence-electron chi connectivity index (χ0n) is 17.9. The van der Waals surface area contributed by atoms with E-state index in [2.05, 4.69) is 12.2 Å². The molecule has 0 spiro atoms. The average molecular weight is 397 g/mol. The quantitative estimate of drug-likeness (QED) is 0.620. The molecule has 29 heavy (non-hydrogen) atoms. The third-order valence-electron chi connectivity index (χ3n) is 5.09. The molecule has 5 nitrogen and oxygen atoms in total. The number of nitrogens with one attached hydrogen (secondary N) is 1. The molecule has 0 aliphatic heterocycles. The van der Waals surface area contributed by atoms with Gasteiger partial charge in [-0.2, -0.15) is 0 Å². The van der Waals surface area contributed by atoms with Crippen molar-refractivity contribution in [2.24, 2.45) is 0 Å². The van der Waals surface area contributed by atoms with E-state index in [1.54, 1.807) is 18.9 Å². The molecular formula is C24H32N2O3. The Balaban J connectivity index is 2.22. The van der Waals surface area contributed by atoms with Gasteiger partial charge in [0.05, 0.1) is 13.5 Å². The molecule has 1 atom stereocenters. The van der Waals surface area contributed by atoms with Crippen LogP contribution in [0.3, 0.4) is 0 Å². The van der Waals surface area contributed by atoms with Gasteiger partial charge in [-0.1, -0.05) is 49.7 Å². The molecule has 2 amide bonds. The highest BCUT2D eigenvalue weighted by atomic mass is 16.5. The Bertz CT molecular complexity index is 819. The first kappa shape index (κ1) is 22.5. The van der Waals surface area contributed by atoms with Crippen LogP contribution in [0.5, 0.6) is 5.75 Å². The Kier molecular flexibility index (Phi) is 8.71. The minimum atomic E-state index is -0.561. The second-order valence-corrected chi connectivity index (χ2v) is 7.30. The number of amides is 2. The summed E-state index contributed by atoms with van der Waals surface area (Å²) in [5.74, 6) is 0.536. The van der Waals surface area contributed by atoms with Gasteiger partial charge in [0, 0.05) is 13.1 Å². The van der Waals surface area contributed by atoms with Crippen LogP contribution in [0.15, 0.2) is 48.5 Å². The van der Waals surface area contributed by atoms with Crippen molar-refractivity contribution in [3.05, 3.63) is 65.2 Å². The molecule has 5 heteroatoms. The van der Waals surface area contributed by atoms with E-state index in [-0.39, 0.29) is 18.2 Å². The van der Waals surface area contributed by atoms with Gasteiger partial charge in [0.2, 0.25) is 11.8 Å². The highest BCUT2D eigenvalue weighted by Crippen LogP contribution is 2.18. The van der Waals surface area contributed by atoms with E-state index >= 15 is 0 Å². The van der Waals surface area contributed by atoms with E-state index < -0.39 is 6.04 Å². The first-order valence-corrected chi connectivity index (χ1v) is 10.2. The van der Waals surface area contributed by atoms with Gasteiger partial charge in [-0.3, -0.25) is 9.59 Å². The lowest BCUT2D eigenvalue weighted by molar-refractivity contribution is -0.140. The molecule has 0 heterocycles. The highest BCUT2D eigenvalue weighted by Gasteiger charge is 2.26. The first-order chi connectivity index (χ1) is 14.0. The standard InChI is InChI=1S/C24H32N2O3/c1-5-6-14-25-24(28)19(3)26(17-20-11-9-13-22(15-20)29-4)23(27)16-21-12-8-7-10-18(21)2/h7-13,15,19H,5-6,14,16-17H2,1-4H3,(H,25,28). The van der Waals surface area contributed by atoms with E-state index in [1.165, 1.54) is 0 Å². The predicted octanol–water partition coefficient (Wildman–Crippen LogP) is 3.88. The van der Waals surface area contributed by atoms with Crippen LogP contribution < -0.4 is 10.1 Å². The number of hydrogen-bond donors (Lipinski definition) is 1. The SMILES string of the molecule is CCCCNC(=O)C(C)N(Cc1cccc(OC)c1)C(=O)Cc1ccccc1C. The second kappa shape index (κ2) is 11.2. The van der Waals surface area contributed by atoms with E-state index in [1.807, 2.05) is 55.5 Å². The fourth-order valence-electron chi connectivity index (χ4n) is 3.16. The summed E-state index contributed by atoms with van der Waals surface area (Å²) in [6.45, 7) is 6.84. The molecule has 2 aromatic carbocycles. The Morgan fingerprint density at radius 1 is 1.14 bits per heavy atom. The number of carbonyl (C=O) groups excluding carboxylic acids is 2. The number of ether oxygens (including phenoxy) is 1. The van der Waals surface area contributed by atoms with Crippen LogP contribution in [0.1, 0.15) is 43.4 Å². The number of methoxy groups -OCH3 is 1. The average Bonchev–Trinajstić information content (AvgIpc) is 2.73. The molecule has 0 saturated carbocycles. The van der Waals surface area contributed by atoms with Crippen LogP contribution in [0.2, 0.25) is 0 Å². The molecule has 0 aromatic heterocycles. The lowest BCUT2D eigenvalue weighted by Crippen LogP contribution is -2.48. The van der Waals surface area contributed by atoms with Crippen molar-refractivity contribution >= 4 is 11.8 Å². The fraction of sp³-hybridized carbons (Fsp3) is 0.417. The van der Waals surface area contributed by atoms with Gasteiger partial charge >= 0.3 is 0 Å². The maximum atomic E-state index is 13.2. The zero-order chi connectivity index (χ0) is 21.2. The molecule has 156 valence electrons. The third kappa shape index (κ3) is 6.63. The fourth-order valence-corrected chi connectivity index (χ4v) is 3.16. The highest BCUT2D eigenvalue weighted by molar-refractivity contribution is 5.88. The minimum absolute atomic E-state index is 0.0692. The molecule has 0 bridgehead atoms. The van der Waals surface area contributed by atoms with Gasteiger partial charge in [0.15, 0.2) is 0 Å². The molecule has 1 unspecified atom stereocenters. The van der Waals surface area contributed by atoms with Crippen molar-refractivity contribution in [2.45, 2.75) is 52.6 Å². The molecule has 2 aromatic rings. The maximum Gasteiger partial charge on any atom is 0.242 e. The normalized spacial score (nSPS) is 11.6. The molecule has 0 aliphatic carbocycles. The maximum absolute atomic E-state index is 13.2. The molecule has 0 aliphatic rings. The van der Waals surface area contributed by atoms with E-state index in [9.17, 15) is 9.59 Å². The summed E-state index contributed by atoms with van der Waals surface area (Å²) >= 11 is 0. The summed E-state index contributed by atoms with van der Waals surface area (Å²) in [6, 6.07) is 14.9. The lowest BCUT2D eigenvalue weighted by Gasteiger charge is -2.29. The Morgan fingerprint density at radius 3 is 2.59 bits per heavy atom. The number of aryl methyl sites for hydroxylation is 1. The smallest absolute Gasteiger partial charge is 0.242 e. The second-order valence-electron chi connectivity index (χ2n) is 7.30. The van der Waals surface area contributed by atoms with Gasteiger partial charge in [0.25, 0.3) is 0 Å². The summed E-state index contributed by atoms with van der Waals surface area (Å²) in [6.07, 6.45) is 2.20. The predicted molar refractivity (Wildman–Crippen MR) is 116 cm³/mol. The van der Waals surface area contributed by atoms with Gasteiger partial charge in [0.1, 0.15) is 11.8 Å². The Labute approximate surface area is 174 Å². The van der Waals surface area contributed by atoms with Gasteiger partial charge in [-0.05, 0) is 49.1 Å². The van der Waals surface area contributed by atoms with Gasteiger partial charge in [-0.25, -0.2) is 0 Å². The first-order valence-electron chi connectivity index (χ1n) is 10.2. The van der Waals surface area contributed by atoms with E-state index in [4.69, 9.17) is 4.74 Å². The van der Waals surface area contributed by atoms with E-state index in [0.29, 0.717) is 13.1 Å². The molecule has 2 rings (SSSR count). The van der Waals surface area contributed by atoms with Crippen LogP contribution in [-0.2, 0) is 22.6 Å². The van der Waals surface area contributed by atoms with Crippen LogP contribution in [-0.4, -0.2) is 36.4 Å². The van der Waals surface area contributed by atoms with Crippen molar-refractivity contribution < 1.29 is 14.3 Å². The number of carbonyl (C=O) groups is 2. The van der Waals surface area contributed by atoms with Crippen molar-refractivity contribution in [3.63, 3.8) is 0 Å². The number of rotatable bonds is 10. The summed E-state index contributed by atoms with van der Waals surface area (Å²) in [7, 11) is 1.62. The summed E-state index contributed by atoms with van der Waals surface area (Å²) in [5, 5.41) is 2.94. The van der Waals surface area contributed by atoms with Crippen LogP contribution in [0, 0.1) is 6.92 Å². The molecular weight excluding hydrogens is 364 g/mol. The van der Waals surface area contributed by atoms with Gasteiger partial charge < -0.3 is 15.0 Å². The minimum Gasteiger partial charge on any atom is -0.497 e. The number of benzene rings is 2. The van der Waals surface area contributed by atoms with E-state index in [0.717, 1.165) is 35.3 Å². The topological polar surface area (TPSA) is 58.6 Å². The summed E-state index contributed by atoms with van der Waals surface area (Å²) in [4.78, 5) is 27.5. The number of unbranched alkanes of at least 4 members (excludes halogenated alkanes) is 1. The summed E-state index contributed by atoms with van der Waals surface area (Å²) < 4.78 is 5.30. The van der Waals surface area contributed by atoms with Crippen LogP contribution >= 0.6 is 0 Å². The number of hydrogen-bond acceptors (Lipinski definition) is 3. The monoisotopic (exact) mass is 396 g/mol. The van der Waals surface area contributed by atoms with Crippen molar-refractivity contribution in [1.82, 2.24) is 10.2 Å². The van der Waals surface area contributed by atoms with Gasteiger partial charge in [-0.15, -0.1) is 0 Å². The van der Waals surface area contributed by atoms with Crippen LogP contribution in [0.4, 0.5) is 0 Å².